The van der Waals surface area contributed by atoms with Crippen LogP contribution in [0.1, 0.15) is 65.2 Å². The monoisotopic (exact) mass is 482 g/mol. The largest absolute Gasteiger partial charge is 0.393 e. The molecular weight excluding hydrogens is 440 g/mol. The lowest BCUT2D eigenvalue weighted by atomic mass is 9.61. The van der Waals surface area contributed by atoms with Crippen LogP contribution >= 0.6 is 0 Å². The van der Waals surface area contributed by atoms with Crippen LogP contribution in [0.4, 0.5) is 0 Å². The SMILES string of the molecule is C=C1/C(=C\C=C2/CCC[C@]3(C)[C@@H]([C@H](C)CCS(=C)(=O)c4ccccc4)CC[C@@H]23)C[C@H](O)C[C@H]1O. The Morgan fingerprint density at radius 1 is 1.21 bits per heavy atom. The molecule has 0 aromatic heterocycles. The van der Waals surface area contributed by atoms with Crippen molar-refractivity contribution in [2.75, 3.05) is 5.75 Å². The Morgan fingerprint density at radius 2 is 1.94 bits per heavy atom. The van der Waals surface area contributed by atoms with Crippen molar-refractivity contribution in [3.8, 4) is 0 Å². The van der Waals surface area contributed by atoms with Gasteiger partial charge in [-0.3, -0.25) is 4.21 Å². The van der Waals surface area contributed by atoms with E-state index in [0.29, 0.717) is 36.3 Å². The molecule has 186 valence electrons. The summed E-state index contributed by atoms with van der Waals surface area (Å²) in [6.07, 6.45) is 11.2. The molecule has 7 atom stereocenters. The van der Waals surface area contributed by atoms with Crippen LogP contribution in [0, 0.1) is 23.2 Å². The van der Waals surface area contributed by atoms with E-state index in [1.807, 2.05) is 30.3 Å². The first-order valence-corrected chi connectivity index (χ1v) is 14.9. The van der Waals surface area contributed by atoms with Gasteiger partial charge < -0.3 is 10.2 Å². The van der Waals surface area contributed by atoms with Crippen LogP contribution in [0.2, 0.25) is 0 Å². The Balaban J connectivity index is 1.46. The molecule has 1 aromatic carbocycles. The van der Waals surface area contributed by atoms with Crippen molar-refractivity contribution < 1.29 is 14.4 Å². The molecule has 4 rings (SSSR count). The van der Waals surface area contributed by atoms with Gasteiger partial charge in [0.25, 0.3) is 0 Å². The number of rotatable bonds is 6. The van der Waals surface area contributed by atoms with E-state index in [1.165, 1.54) is 31.3 Å². The normalized spacial score (nSPS) is 36.9. The molecule has 3 fully saturated rings. The fourth-order valence-corrected chi connectivity index (χ4v) is 8.68. The van der Waals surface area contributed by atoms with E-state index in [4.69, 9.17) is 0 Å². The maximum atomic E-state index is 13.3. The fraction of sp³-hybridized carbons (Fsp3) is 0.567. The molecule has 0 saturated heterocycles. The minimum atomic E-state index is -2.25. The zero-order chi connectivity index (χ0) is 24.5. The van der Waals surface area contributed by atoms with Gasteiger partial charge in [-0.2, -0.15) is 0 Å². The van der Waals surface area contributed by atoms with Crippen molar-refractivity contribution in [2.45, 2.75) is 82.3 Å². The predicted molar refractivity (Wildman–Crippen MR) is 143 cm³/mol. The highest BCUT2D eigenvalue weighted by molar-refractivity contribution is 8.00. The quantitative estimate of drug-likeness (QED) is 0.494. The number of aliphatic hydroxyl groups is 2. The molecule has 3 aliphatic carbocycles. The Kier molecular flexibility index (Phi) is 7.61. The molecule has 0 aliphatic heterocycles. The molecule has 0 spiro atoms. The number of hydrogen-bond donors (Lipinski definition) is 2. The van der Waals surface area contributed by atoms with Crippen LogP contribution < -0.4 is 0 Å². The first-order valence-electron chi connectivity index (χ1n) is 13.0. The summed E-state index contributed by atoms with van der Waals surface area (Å²) >= 11 is 0. The summed E-state index contributed by atoms with van der Waals surface area (Å²) in [7, 11) is -2.25. The Bertz CT molecular complexity index is 1050. The fourth-order valence-electron chi connectivity index (χ4n) is 7.04. The van der Waals surface area contributed by atoms with Gasteiger partial charge in [-0.25, -0.2) is 0 Å². The van der Waals surface area contributed by atoms with Gasteiger partial charge in [-0.15, -0.1) is 0 Å². The lowest BCUT2D eigenvalue weighted by molar-refractivity contribution is 0.0861. The van der Waals surface area contributed by atoms with E-state index in [1.54, 1.807) is 0 Å². The minimum Gasteiger partial charge on any atom is -0.393 e. The first kappa shape index (κ1) is 25.5. The van der Waals surface area contributed by atoms with Gasteiger partial charge >= 0.3 is 0 Å². The lowest BCUT2D eigenvalue weighted by Crippen LogP contribution is -2.36. The average molecular weight is 483 g/mol. The molecule has 0 amide bonds. The number of fused-ring (bicyclic) bond motifs is 1. The van der Waals surface area contributed by atoms with Gasteiger partial charge in [-0.05, 0) is 107 Å². The standard InChI is InChI=1S/C30H42O3S/c1-21(16-18-34(4,33)26-10-6-5-7-11-26)27-14-15-28-23(9-8-17-30(27,28)3)12-13-24-19-25(31)20-29(32)22(24)2/h5-7,10-13,21,25,27-29,31-32H,2,4,8-9,14-20H2,1,3H3/b23-12+,24-13-/t21-,25+,27-,28+,29-,30-,34?/m1/s1. The van der Waals surface area contributed by atoms with Crippen LogP contribution in [0.15, 0.2) is 70.7 Å². The van der Waals surface area contributed by atoms with Gasteiger partial charge in [0.2, 0.25) is 0 Å². The van der Waals surface area contributed by atoms with E-state index in [0.717, 1.165) is 28.9 Å². The van der Waals surface area contributed by atoms with Gasteiger partial charge in [-0.1, -0.05) is 56.4 Å². The predicted octanol–water partition coefficient (Wildman–Crippen LogP) is 5.93. The zero-order valence-electron chi connectivity index (χ0n) is 20.9. The van der Waals surface area contributed by atoms with Crippen LogP contribution in [0.5, 0.6) is 0 Å². The molecule has 34 heavy (non-hydrogen) atoms. The summed E-state index contributed by atoms with van der Waals surface area (Å²) in [5, 5.41) is 20.3. The number of allylic oxidation sites excluding steroid dienone is 3. The zero-order valence-corrected chi connectivity index (χ0v) is 21.7. The number of aliphatic hydroxyl groups excluding tert-OH is 2. The molecule has 3 saturated carbocycles. The van der Waals surface area contributed by atoms with E-state index in [2.05, 4.69) is 38.4 Å². The Morgan fingerprint density at radius 3 is 2.68 bits per heavy atom. The van der Waals surface area contributed by atoms with Crippen molar-refractivity contribution >= 4 is 15.4 Å². The van der Waals surface area contributed by atoms with Gasteiger partial charge in [0.15, 0.2) is 0 Å². The second-order valence-electron chi connectivity index (χ2n) is 11.3. The summed E-state index contributed by atoms with van der Waals surface area (Å²) in [6.45, 7) is 8.90. The maximum absolute atomic E-state index is 13.3. The average Bonchev–Trinajstić information content (AvgIpc) is 3.17. The van der Waals surface area contributed by atoms with E-state index < -0.39 is 21.7 Å². The van der Waals surface area contributed by atoms with Gasteiger partial charge in [0, 0.05) is 17.1 Å². The molecule has 1 aromatic rings. The second kappa shape index (κ2) is 10.2. The minimum absolute atomic E-state index is 0.277. The summed E-state index contributed by atoms with van der Waals surface area (Å²) < 4.78 is 13.3. The van der Waals surface area contributed by atoms with Gasteiger partial charge in [0.05, 0.1) is 12.2 Å². The van der Waals surface area contributed by atoms with Crippen molar-refractivity contribution in [3.63, 3.8) is 0 Å². The third kappa shape index (κ3) is 5.15. The van der Waals surface area contributed by atoms with E-state index in [-0.39, 0.29) is 5.41 Å². The first-order chi connectivity index (χ1) is 16.1. The van der Waals surface area contributed by atoms with Crippen LogP contribution in [0.3, 0.4) is 0 Å². The molecular formula is C30H42O3S. The van der Waals surface area contributed by atoms with E-state index in [9.17, 15) is 14.4 Å². The number of hydrogen-bond acceptors (Lipinski definition) is 3. The highest BCUT2D eigenvalue weighted by atomic mass is 32.2. The van der Waals surface area contributed by atoms with E-state index >= 15 is 0 Å². The molecule has 0 bridgehead atoms. The number of benzene rings is 1. The highest BCUT2D eigenvalue weighted by Crippen LogP contribution is 2.59. The molecule has 0 heterocycles. The lowest BCUT2D eigenvalue weighted by Gasteiger charge is -2.44. The van der Waals surface area contributed by atoms with Crippen molar-refractivity contribution in [1.29, 1.82) is 0 Å². The second-order valence-corrected chi connectivity index (χ2v) is 13.8. The maximum Gasteiger partial charge on any atom is 0.0811 e. The summed E-state index contributed by atoms with van der Waals surface area (Å²) in [4.78, 5) is 0.869. The smallest absolute Gasteiger partial charge is 0.0811 e. The van der Waals surface area contributed by atoms with Gasteiger partial charge in [0.1, 0.15) is 0 Å². The summed E-state index contributed by atoms with van der Waals surface area (Å²) in [5.74, 6) is 6.48. The topological polar surface area (TPSA) is 57.5 Å². The third-order valence-electron chi connectivity index (χ3n) is 9.06. The Labute approximate surface area is 206 Å². The van der Waals surface area contributed by atoms with Crippen LogP contribution in [-0.2, 0) is 9.52 Å². The van der Waals surface area contributed by atoms with Crippen LogP contribution in [0.25, 0.3) is 0 Å². The summed E-state index contributed by atoms with van der Waals surface area (Å²) in [5.41, 5.74) is 3.54. The molecule has 2 N–H and O–H groups in total. The highest BCUT2D eigenvalue weighted by Gasteiger charge is 2.50. The molecule has 3 aliphatic rings. The van der Waals surface area contributed by atoms with Crippen molar-refractivity contribution in [1.82, 2.24) is 0 Å². The molecule has 0 radical (unpaired) electrons. The van der Waals surface area contributed by atoms with Crippen LogP contribution in [-0.4, -0.2) is 38.3 Å². The molecule has 4 heteroatoms. The summed E-state index contributed by atoms with van der Waals surface area (Å²) in [6, 6.07) is 9.74. The Hall–Kier alpha value is -1.62. The van der Waals surface area contributed by atoms with Crippen molar-refractivity contribution in [2.24, 2.45) is 23.2 Å². The third-order valence-corrected chi connectivity index (χ3v) is 11.1. The van der Waals surface area contributed by atoms with Crippen molar-refractivity contribution in [3.05, 3.63) is 65.8 Å². The molecule has 3 nitrogen and oxygen atoms in total. The molecule has 1 unspecified atom stereocenters.